The fourth-order valence-electron chi connectivity index (χ4n) is 3.75. The van der Waals surface area contributed by atoms with Gasteiger partial charge in [0.2, 0.25) is 5.91 Å². The van der Waals surface area contributed by atoms with E-state index in [2.05, 4.69) is 22.2 Å². The van der Waals surface area contributed by atoms with E-state index in [9.17, 15) is 4.79 Å². The van der Waals surface area contributed by atoms with Gasteiger partial charge in [-0.2, -0.15) is 0 Å². The summed E-state index contributed by atoms with van der Waals surface area (Å²) in [5.41, 5.74) is 1.45. The average molecular weight is 416 g/mol. The van der Waals surface area contributed by atoms with Crippen LogP contribution in [0.1, 0.15) is 75.6 Å². The summed E-state index contributed by atoms with van der Waals surface area (Å²) in [6.45, 7) is 2.81. The number of carbonyl (C=O) groups excluding carboxylic acids is 1. The molecule has 156 valence electrons. The molecule has 2 aromatic rings. The first-order valence-corrected chi connectivity index (χ1v) is 11.1. The van der Waals surface area contributed by atoms with Crippen molar-refractivity contribution in [1.82, 2.24) is 15.3 Å². The van der Waals surface area contributed by atoms with E-state index >= 15 is 0 Å². The normalized spacial score (nSPS) is 16.1. The lowest BCUT2D eigenvalue weighted by atomic mass is 9.97. The molecule has 3 rings (SSSR count). The predicted octanol–water partition coefficient (Wildman–Crippen LogP) is 5.48. The number of rotatable bonds is 8. The molecule has 1 heterocycles. The van der Waals surface area contributed by atoms with Crippen molar-refractivity contribution < 1.29 is 9.53 Å². The monoisotopic (exact) mass is 415 g/mol. The summed E-state index contributed by atoms with van der Waals surface area (Å²) >= 11 is 6.35. The van der Waals surface area contributed by atoms with E-state index in [-0.39, 0.29) is 11.8 Å². The standard InChI is InChI=1S/C23H30ClN3O2/c1-2-3-15-29-19-12-8-11-18(16-19)20(21-22(24)26-14-13-25-21)27-23(28)17-9-6-4-5-7-10-17/h8,11-14,16-17,20H,2-7,9-10,15H2,1H3,(H,27,28). The van der Waals surface area contributed by atoms with Gasteiger partial charge in [-0.3, -0.25) is 9.78 Å². The van der Waals surface area contributed by atoms with Gasteiger partial charge in [-0.25, -0.2) is 4.98 Å². The molecular weight excluding hydrogens is 386 g/mol. The van der Waals surface area contributed by atoms with E-state index in [1.165, 1.54) is 12.8 Å². The highest BCUT2D eigenvalue weighted by atomic mass is 35.5. The van der Waals surface area contributed by atoms with Gasteiger partial charge in [0.15, 0.2) is 5.15 Å². The maximum atomic E-state index is 13.1. The van der Waals surface area contributed by atoms with E-state index in [1.54, 1.807) is 12.4 Å². The van der Waals surface area contributed by atoms with E-state index < -0.39 is 6.04 Å². The summed E-state index contributed by atoms with van der Waals surface area (Å²) in [5.74, 6) is 0.889. The lowest BCUT2D eigenvalue weighted by molar-refractivity contribution is -0.125. The third-order valence-electron chi connectivity index (χ3n) is 5.42. The second-order valence-electron chi connectivity index (χ2n) is 7.64. The summed E-state index contributed by atoms with van der Waals surface area (Å²) in [6, 6.07) is 7.34. The van der Waals surface area contributed by atoms with E-state index in [4.69, 9.17) is 16.3 Å². The third-order valence-corrected chi connectivity index (χ3v) is 5.71. The number of amides is 1. The number of benzene rings is 1. The second kappa shape index (κ2) is 11.1. The lowest BCUT2D eigenvalue weighted by Crippen LogP contribution is -2.35. The van der Waals surface area contributed by atoms with E-state index in [1.807, 2.05) is 24.3 Å². The highest BCUT2D eigenvalue weighted by molar-refractivity contribution is 6.30. The minimum Gasteiger partial charge on any atom is -0.494 e. The van der Waals surface area contributed by atoms with Gasteiger partial charge >= 0.3 is 0 Å². The molecule has 29 heavy (non-hydrogen) atoms. The van der Waals surface area contributed by atoms with Gasteiger partial charge in [0, 0.05) is 18.3 Å². The van der Waals surface area contributed by atoms with Crippen LogP contribution in [0.2, 0.25) is 5.15 Å². The third kappa shape index (κ3) is 6.17. The SMILES string of the molecule is CCCCOc1cccc(C(NC(=O)C2CCCCCC2)c2nccnc2Cl)c1. The summed E-state index contributed by atoms with van der Waals surface area (Å²) in [5, 5.41) is 3.50. The second-order valence-corrected chi connectivity index (χ2v) is 7.99. The van der Waals surface area contributed by atoms with Gasteiger partial charge in [-0.1, -0.05) is 62.8 Å². The Morgan fingerprint density at radius 3 is 2.69 bits per heavy atom. The first-order valence-electron chi connectivity index (χ1n) is 10.7. The van der Waals surface area contributed by atoms with Crippen LogP contribution in [0.5, 0.6) is 5.75 Å². The zero-order chi connectivity index (χ0) is 20.5. The van der Waals surface area contributed by atoms with Crippen LogP contribution in [0, 0.1) is 5.92 Å². The average Bonchev–Trinajstić information content (AvgIpc) is 3.03. The van der Waals surface area contributed by atoms with Crippen LogP contribution in [0.25, 0.3) is 0 Å². The van der Waals surface area contributed by atoms with Crippen LogP contribution in [0.4, 0.5) is 0 Å². The molecule has 0 radical (unpaired) electrons. The number of hydrogen-bond donors (Lipinski definition) is 1. The number of aromatic nitrogens is 2. The smallest absolute Gasteiger partial charge is 0.223 e. The zero-order valence-electron chi connectivity index (χ0n) is 17.1. The van der Waals surface area contributed by atoms with Crippen molar-refractivity contribution in [3.05, 3.63) is 53.1 Å². The minimum absolute atomic E-state index is 0.0411. The number of ether oxygens (including phenoxy) is 1. The summed E-state index contributed by atoms with van der Waals surface area (Å²) in [6.07, 6.45) is 11.7. The molecule has 1 aromatic heterocycles. The molecule has 0 spiro atoms. The molecule has 1 aromatic carbocycles. The van der Waals surface area contributed by atoms with Crippen molar-refractivity contribution in [3.8, 4) is 5.75 Å². The number of unbranched alkanes of at least 4 members (excludes halogenated alkanes) is 1. The Labute approximate surface area is 178 Å². The Bertz CT molecular complexity index is 791. The molecule has 1 aliphatic rings. The van der Waals surface area contributed by atoms with Crippen molar-refractivity contribution >= 4 is 17.5 Å². The number of nitrogens with one attached hydrogen (secondary N) is 1. The maximum Gasteiger partial charge on any atom is 0.223 e. The first kappa shape index (κ1) is 21.6. The van der Waals surface area contributed by atoms with Crippen molar-refractivity contribution in [1.29, 1.82) is 0 Å². The molecule has 0 saturated heterocycles. The van der Waals surface area contributed by atoms with Crippen LogP contribution in [0.15, 0.2) is 36.7 Å². The number of carbonyl (C=O) groups is 1. The largest absolute Gasteiger partial charge is 0.494 e. The molecule has 1 fully saturated rings. The lowest BCUT2D eigenvalue weighted by Gasteiger charge is -2.23. The molecule has 1 amide bonds. The fraction of sp³-hybridized carbons (Fsp3) is 0.522. The maximum absolute atomic E-state index is 13.1. The minimum atomic E-state index is -0.457. The van der Waals surface area contributed by atoms with Gasteiger partial charge in [0.25, 0.3) is 0 Å². The Hall–Kier alpha value is -2.14. The first-order chi connectivity index (χ1) is 14.2. The highest BCUT2D eigenvalue weighted by Crippen LogP contribution is 2.30. The number of nitrogens with zero attached hydrogens (tertiary/aromatic N) is 2. The number of halogens is 1. The predicted molar refractivity (Wildman–Crippen MR) is 115 cm³/mol. The van der Waals surface area contributed by atoms with Gasteiger partial charge in [0.1, 0.15) is 11.4 Å². The molecule has 1 atom stereocenters. The molecule has 5 nitrogen and oxygen atoms in total. The zero-order valence-corrected chi connectivity index (χ0v) is 17.8. The van der Waals surface area contributed by atoms with Crippen LogP contribution in [0.3, 0.4) is 0 Å². The molecular formula is C23H30ClN3O2. The Balaban J connectivity index is 1.85. The van der Waals surface area contributed by atoms with Crippen molar-refractivity contribution in [2.75, 3.05) is 6.61 Å². The Morgan fingerprint density at radius 2 is 1.97 bits per heavy atom. The Morgan fingerprint density at radius 1 is 1.21 bits per heavy atom. The van der Waals surface area contributed by atoms with Crippen LogP contribution in [-0.4, -0.2) is 22.5 Å². The molecule has 0 bridgehead atoms. The molecule has 6 heteroatoms. The molecule has 1 unspecified atom stereocenters. The van der Waals surface area contributed by atoms with Crippen molar-refractivity contribution in [3.63, 3.8) is 0 Å². The molecule has 1 saturated carbocycles. The molecule has 1 aliphatic carbocycles. The summed E-state index contributed by atoms with van der Waals surface area (Å²) in [7, 11) is 0. The van der Waals surface area contributed by atoms with Crippen LogP contribution >= 0.6 is 11.6 Å². The van der Waals surface area contributed by atoms with Gasteiger partial charge in [-0.15, -0.1) is 0 Å². The fourth-order valence-corrected chi connectivity index (χ4v) is 3.97. The Kier molecular flexibility index (Phi) is 8.29. The van der Waals surface area contributed by atoms with Crippen LogP contribution < -0.4 is 10.1 Å². The van der Waals surface area contributed by atoms with Gasteiger partial charge < -0.3 is 10.1 Å². The van der Waals surface area contributed by atoms with Crippen LogP contribution in [-0.2, 0) is 4.79 Å². The quantitative estimate of drug-likeness (QED) is 0.457. The topological polar surface area (TPSA) is 64.1 Å². The van der Waals surface area contributed by atoms with Gasteiger partial charge in [-0.05, 0) is 37.0 Å². The van der Waals surface area contributed by atoms with Gasteiger partial charge in [0.05, 0.1) is 12.6 Å². The molecule has 1 N–H and O–H groups in total. The number of hydrogen-bond acceptors (Lipinski definition) is 4. The van der Waals surface area contributed by atoms with E-state index in [0.29, 0.717) is 17.5 Å². The molecule has 0 aliphatic heterocycles. The summed E-state index contributed by atoms with van der Waals surface area (Å²) < 4.78 is 5.86. The summed E-state index contributed by atoms with van der Waals surface area (Å²) in [4.78, 5) is 21.7. The van der Waals surface area contributed by atoms with Crippen molar-refractivity contribution in [2.45, 2.75) is 64.3 Å². The van der Waals surface area contributed by atoms with E-state index in [0.717, 1.165) is 49.8 Å². The highest BCUT2D eigenvalue weighted by Gasteiger charge is 2.26. The van der Waals surface area contributed by atoms with Crippen molar-refractivity contribution in [2.24, 2.45) is 5.92 Å².